The number of aliphatic hydroxyl groups is 1. The highest BCUT2D eigenvalue weighted by Crippen LogP contribution is 2.22. The van der Waals surface area contributed by atoms with Crippen LogP contribution in [0.1, 0.15) is 24.2 Å². The van der Waals surface area contributed by atoms with Crippen LogP contribution in [0.4, 0.5) is 11.4 Å². The van der Waals surface area contributed by atoms with Gasteiger partial charge in [-0.15, -0.1) is 5.11 Å². The number of amides is 1. The molecule has 0 aromatic heterocycles. The molecule has 0 aliphatic heterocycles. The number of carbonyl (C=O) groups excluding carboxylic acids is 2. The Labute approximate surface area is 149 Å². The lowest BCUT2D eigenvalue weighted by Gasteiger charge is -2.07. The molecule has 0 unspecified atom stereocenters. The first-order chi connectivity index (χ1) is 11.9. The van der Waals surface area contributed by atoms with E-state index in [2.05, 4.69) is 15.5 Å². The van der Waals surface area contributed by atoms with E-state index in [4.69, 9.17) is 11.6 Å². The highest BCUT2D eigenvalue weighted by Gasteiger charge is 2.10. The van der Waals surface area contributed by atoms with Crippen molar-refractivity contribution in [2.45, 2.75) is 13.8 Å². The number of carbonyl (C=O) groups is 2. The Kier molecular flexibility index (Phi) is 6.03. The maximum Gasteiger partial charge on any atom is 0.255 e. The molecule has 6 nitrogen and oxygen atoms in total. The minimum absolute atomic E-state index is 0.133. The molecule has 7 heteroatoms. The molecule has 0 spiro atoms. The summed E-state index contributed by atoms with van der Waals surface area (Å²) < 4.78 is 0. The molecule has 0 aliphatic carbocycles. The van der Waals surface area contributed by atoms with Crippen LogP contribution in [0.2, 0.25) is 5.02 Å². The van der Waals surface area contributed by atoms with Crippen molar-refractivity contribution >= 4 is 34.7 Å². The molecule has 2 N–H and O–H groups in total. The lowest BCUT2D eigenvalue weighted by Crippen LogP contribution is -2.11. The summed E-state index contributed by atoms with van der Waals surface area (Å²) in [6.45, 7) is 2.63. The first kappa shape index (κ1) is 18.4. The Morgan fingerprint density at radius 2 is 1.80 bits per heavy atom. The standard InChI is InChI=1S/C18H16ClN3O3/c1-11(23)17(12(2)24)22-21-14-7-5-6-13(10-14)18(25)20-16-9-4-3-8-15(16)19/h3-10,23H,1-2H3,(H,20,25). The molecule has 0 fully saturated rings. The predicted octanol–water partition coefficient (Wildman–Crippen LogP) is 5.05. The van der Waals surface area contributed by atoms with Crippen LogP contribution < -0.4 is 5.32 Å². The van der Waals surface area contributed by atoms with Gasteiger partial charge >= 0.3 is 0 Å². The van der Waals surface area contributed by atoms with Crippen LogP contribution in [-0.2, 0) is 4.79 Å². The van der Waals surface area contributed by atoms with E-state index in [-0.39, 0.29) is 17.4 Å². The smallest absolute Gasteiger partial charge is 0.255 e. The topological polar surface area (TPSA) is 91.1 Å². The monoisotopic (exact) mass is 357 g/mol. The summed E-state index contributed by atoms with van der Waals surface area (Å²) in [5.74, 6) is -0.981. The number of hydrogen-bond donors (Lipinski definition) is 2. The number of allylic oxidation sites excluding steroid dienone is 2. The van der Waals surface area contributed by atoms with Crippen LogP contribution in [0, 0.1) is 0 Å². The number of nitrogens with one attached hydrogen (secondary N) is 1. The van der Waals surface area contributed by atoms with Gasteiger partial charge in [0.2, 0.25) is 0 Å². The van der Waals surface area contributed by atoms with Crippen LogP contribution in [0.5, 0.6) is 0 Å². The van der Waals surface area contributed by atoms with Crippen molar-refractivity contribution in [2.24, 2.45) is 10.2 Å². The molecule has 25 heavy (non-hydrogen) atoms. The Hall–Kier alpha value is -2.99. The van der Waals surface area contributed by atoms with Gasteiger partial charge in [-0.25, -0.2) is 0 Å². The minimum Gasteiger partial charge on any atom is -0.510 e. The first-order valence-corrected chi connectivity index (χ1v) is 7.74. The third kappa shape index (κ3) is 4.99. The molecule has 2 aromatic carbocycles. The van der Waals surface area contributed by atoms with Gasteiger partial charge in [0.15, 0.2) is 11.5 Å². The highest BCUT2D eigenvalue weighted by molar-refractivity contribution is 6.33. The normalized spacial score (nSPS) is 12.0. The van der Waals surface area contributed by atoms with E-state index < -0.39 is 5.78 Å². The SMILES string of the molecule is CC(=O)C(N=Nc1cccc(C(=O)Nc2ccccc2Cl)c1)=C(C)O. The summed E-state index contributed by atoms with van der Waals surface area (Å²) in [6, 6.07) is 13.3. The quantitative estimate of drug-likeness (QED) is 0.445. The van der Waals surface area contributed by atoms with Gasteiger partial charge in [0.25, 0.3) is 5.91 Å². The largest absolute Gasteiger partial charge is 0.510 e. The van der Waals surface area contributed by atoms with Crippen LogP contribution in [-0.4, -0.2) is 16.8 Å². The fourth-order valence-electron chi connectivity index (χ4n) is 1.97. The summed E-state index contributed by atoms with van der Waals surface area (Å²) in [6.07, 6.45) is 0. The maximum atomic E-state index is 12.3. The highest BCUT2D eigenvalue weighted by atomic mass is 35.5. The second-order valence-electron chi connectivity index (χ2n) is 5.17. The van der Waals surface area contributed by atoms with E-state index in [1.165, 1.54) is 19.9 Å². The third-order valence-corrected chi connectivity index (χ3v) is 3.50. The van der Waals surface area contributed by atoms with E-state index in [1.807, 2.05) is 0 Å². The fourth-order valence-corrected chi connectivity index (χ4v) is 2.15. The summed E-state index contributed by atoms with van der Waals surface area (Å²) in [5, 5.41) is 20.2. The Morgan fingerprint density at radius 1 is 1.08 bits per heavy atom. The lowest BCUT2D eigenvalue weighted by atomic mass is 10.2. The van der Waals surface area contributed by atoms with Gasteiger partial charge < -0.3 is 10.4 Å². The van der Waals surface area contributed by atoms with Gasteiger partial charge in [-0.05, 0) is 37.3 Å². The number of anilines is 1. The third-order valence-electron chi connectivity index (χ3n) is 3.17. The number of Topliss-reactive ketones (excluding diaryl/α,β-unsaturated/α-hetero) is 1. The minimum atomic E-state index is -0.406. The van der Waals surface area contributed by atoms with E-state index in [0.717, 1.165) is 0 Å². The zero-order chi connectivity index (χ0) is 18.4. The molecule has 0 radical (unpaired) electrons. The molecule has 2 aromatic rings. The molecule has 0 aliphatic rings. The Balaban J connectivity index is 2.21. The van der Waals surface area contributed by atoms with Crippen molar-refractivity contribution in [3.8, 4) is 0 Å². The fraction of sp³-hybridized carbons (Fsp3) is 0.111. The van der Waals surface area contributed by atoms with Gasteiger partial charge in [0, 0.05) is 12.5 Å². The van der Waals surface area contributed by atoms with Crippen molar-refractivity contribution in [1.82, 2.24) is 0 Å². The molecular weight excluding hydrogens is 342 g/mol. The first-order valence-electron chi connectivity index (χ1n) is 7.37. The van der Waals surface area contributed by atoms with Crippen LogP contribution in [0.25, 0.3) is 0 Å². The number of benzene rings is 2. The molecule has 1 amide bonds. The molecule has 128 valence electrons. The molecule has 2 rings (SSSR count). The average molecular weight is 358 g/mol. The second-order valence-corrected chi connectivity index (χ2v) is 5.58. The molecule has 0 saturated heterocycles. The summed E-state index contributed by atoms with van der Waals surface area (Å²) >= 11 is 6.02. The number of aliphatic hydroxyl groups excluding tert-OH is 1. The number of ketones is 1. The number of para-hydroxylation sites is 1. The zero-order valence-corrected chi connectivity index (χ0v) is 14.4. The second kappa shape index (κ2) is 8.21. The van der Waals surface area contributed by atoms with E-state index >= 15 is 0 Å². The zero-order valence-electron chi connectivity index (χ0n) is 13.7. The molecule has 0 heterocycles. The lowest BCUT2D eigenvalue weighted by molar-refractivity contribution is -0.113. The molecule has 0 bridgehead atoms. The van der Waals surface area contributed by atoms with Crippen molar-refractivity contribution in [3.05, 3.63) is 70.6 Å². The van der Waals surface area contributed by atoms with Crippen LogP contribution in [0.3, 0.4) is 0 Å². The molecule has 0 atom stereocenters. The number of nitrogens with zero attached hydrogens (tertiary/aromatic N) is 2. The van der Waals surface area contributed by atoms with Crippen molar-refractivity contribution < 1.29 is 14.7 Å². The van der Waals surface area contributed by atoms with Gasteiger partial charge in [-0.2, -0.15) is 5.11 Å². The predicted molar refractivity (Wildman–Crippen MR) is 96.4 cm³/mol. The van der Waals surface area contributed by atoms with Crippen molar-refractivity contribution in [2.75, 3.05) is 5.32 Å². The number of rotatable bonds is 5. The van der Waals surface area contributed by atoms with Gasteiger partial charge in [-0.1, -0.05) is 29.8 Å². The summed E-state index contributed by atoms with van der Waals surface area (Å²) in [5.41, 5.74) is 1.09. The van der Waals surface area contributed by atoms with Gasteiger partial charge in [-0.3, -0.25) is 9.59 Å². The molecular formula is C18H16ClN3O3. The van der Waals surface area contributed by atoms with Crippen LogP contribution in [0.15, 0.2) is 70.2 Å². The number of azo groups is 1. The van der Waals surface area contributed by atoms with Crippen molar-refractivity contribution in [1.29, 1.82) is 0 Å². The Bertz CT molecular complexity index is 871. The van der Waals surface area contributed by atoms with E-state index in [0.29, 0.717) is 22.0 Å². The summed E-state index contributed by atoms with van der Waals surface area (Å²) in [7, 11) is 0. The average Bonchev–Trinajstić information content (AvgIpc) is 2.56. The summed E-state index contributed by atoms with van der Waals surface area (Å²) in [4.78, 5) is 23.7. The van der Waals surface area contributed by atoms with Gasteiger partial charge in [0.1, 0.15) is 5.76 Å². The molecule has 0 saturated carbocycles. The van der Waals surface area contributed by atoms with Crippen LogP contribution >= 0.6 is 11.6 Å². The van der Waals surface area contributed by atoms with Crippen molar-refractivity contribution in [3.63, 3.8) is 0 Å². The maximum absolute atomic E-state index is 12.3. The number of halogens is 1. The Morgan fingerprint density at radius 3 is 2.44 bits per heavy atom. The van der Waals surface area contributed by atoms with E-state index in [1.54, 1.807) is 42.5 Å². The number of hydrogen-bond acceptors (Lipinski definition) is 5. The van der Waals surface area contributed by atoms with Gasteiger partial charge in [0.05, 0.1) is 16.4 Å². The van der Waals surface area contributed by atoms with E-state index in [9.17, 15) is 14.7 Å².